The number of halogens is 1. The zero-order valence-electron chi connectivity index (χ0n) is 12.5. The van der Waals surface area contributed by atoms with E-state index in [1.54, 1.807) is 30.1 Å². The molecule has 2 N–H and O–H groups in total. The molecule has 0 aromatic heterocycles. The van der Waals surface area contributed by atoms with Gasteiger partial charge < -0.3 is 10.6 Å². The van der Waals surface area contributed by atoms with Crippen molar-refractivity contribution in [1.82, 2.24) is 0 Å². The summed E-state index contributed by atoms with van der Waals surface area (Å²) in [5.41, 5.74) is 7.15. The highest BCUT2D eigenvalue weighted by molar-refractivity contribution is 6.31. The number of anilines is 2. The second kappa shape index (κ2) is 8.85. The van der Waals surface area contributed by atoms with Crippen molar-refractivity contribution in [3.8, 4) is 0 Å². The average Bonchev–Trinajstić information content (AvgIpc) is 2.44. The fourth-order valence-electron chi connectivity index (χ4n) is 2.17. The minimum atomic E-state index is 0.0921. The van der Waals surface area contributed by atoms with Crippen LogP contribution in [0.25, 0.3) is 0 Å². The summed E-state index contributed by atoms with van der Waals surface area (Å²) in [6.07, 6.45) is 7.63. The molecule has 0 fully saturated rings. The summed E-state index contributed by atoms with van der Waals surface area (Å²) in [5.74, 6) is 0.0921. The van der Waals surface area contributed by atoms with E-state index in [1.807, 2.05) is 0 Å². The maximum atomic E-state index is 12.1. The van der Waals surface area contributed by atoms with Crippen LogP contribution in [-0.2, 0) is 4.79 Å². The molecular formula is C16H25ClN2O. The lowest BCUT2D eigenvalue weighted by Gasteiger charge is -2.19. The second-order valence-corrected chi connectivity index (χ2v) is 5.61. The minimum absolute atomic E-state index is 0.0921. The number of nitrogens with two attached hydrogens (primary N) is 1. The number of rotatable bonds is 8. The van der Waals surface area contributed by atoms with Gasteiger partial charge in [0, 0.05) is 18.5 Å². The van der Waals surface area contributed by atoms with Gasteiger partial charge >= 0.3 is 0 Å². The minimum Gasteiger partial charge on any atom is -0.397 e. The Morgan fingerprint density at radius 1 is 1.20 bits per heavy atom. The summed E-state index contributed by atoms with van der Waals surface area (Å²) in [5, 5.41) is 0.591. The molecule has 1 rings (SSSR count). The Kier molecular flexibility index (Phi) is 7.45. The van der Waals surface area contributed by atoms with Crippen molar-refractivity contribution in [3.63, 3.8) is 0 Å². The summed E-state index contributed by atoms with van der Waals surface area (Å²) >= 11 is 5.95. The first-order chi connectivity index (χ1) is 9.56. The van der Waals surface area contributed by atoms with Crippen LogP contribution in [0.3, 0.4) is 0 Å². The van der Waals surface area contributed by atoms with Gasteiger partial charge in [-0.1, -0.05) is 50.6 Å². The van der Waals surface area contributed by atoms with Gasteiger partial charge in [0.1, 0.15) is 0 Å². The topological polar surface area (TPSA) is 46.3 Å². The van der Waals surface area contributed by atoms with Crippen molar-refractivity contribution in [2.75, 3.05) is 17.7 Å². The van der Waals surface area contributed by atoms with E-state index in [9.17, 15) is 4.79 Å². The van der Waals surface area contributed by atoms with Gasteiger partial charge in [-0.05, 0) is 24.6 Å². The van der Waals surface area contributed by atoms with Crippen LogP contribution in [0.5, 0.6) is 0 Å². The highest BCUT2D eigenvalue weighted by atomic mass is 35.5. The Balaban J connectivity index is 2.41. The van der Waals surface area contributed by atoms with Crippen LogP contribution in [-0.4, -0.2) is 13.0 Å². The summed E-state index contributed by atoms with van der Waals surface area (Å²) in [6, 6.07) is 5.19. The Morgan fingerprint density at radius 2 is 1.85 bits per heavy atom. The number of unbranched alkanes of at least 4 members (excludes halogenated alkanes) is 5. The van der Waals surface area contributed by atoms with Crippen LogP contribution >= 0.6 is 11.6 Å². The molecule has 0 aliphatic rings. The fourth-order valence-corrected chi connectivity index (χ4v) is 2.33. The van der Waals surface area contributed by atoms with Gasteiger partial charge in [-0.25, -0.2) is 0 Å². The van der Waals surface area contributed by atoms with Crippen molar-refractivity contribution in [2.24, 2.45) is 0 Å². The highest BCUT2D eigenvalue weighted by Crippen LogP contribution is 2.26. The van der Waals surface area contributed by atoms with E-state index in [0.29, 0.717) is 22.8 Å². The molecule has 112 valence electrons. The molecule has 1 aromatic carbocycles. The highest BCUT2D eigenvalue weighted by Gasteiger charge is 2.13. The van der Waals surface area contributed by atoms with Crippen LogP contribution in [0.1, 0.15) is 51.9 Å². The van der Waals surface area contributed by atoms with Gasteiger partial charge in [0.05, 0.1) is 11.4 Å². The Labute approximate surface area is 127 Å². The largest absolute Gasteiger partial charge is 0.397 e. The summed E-state index contributed by atoms with van der Waals surface area (Å²) in [6.45, 7) is 2.20. The van der Waals surface area contributed by atoms with Crippen molar-refractivity contribution in [3.05, 3.63) is 23.2 Å². The lowest BCUT2D eigenvalue weighted by Crippen LogP contribution is -2.26. The zero-order chi connectivity index (χ0) is 15.0. The normalized spacial score (nSPS) is 10.6. The molecule has 4 heteroatoms. The van der Waals surface area contributed by atoms with Crippen molar-refractivity contribution < 1.29 is 4.79 Å². The van der Waals surface area contributed by atoms with Gasteiger partial charge in [0.15, 0.2) is 0 Å². The van der Waals surface area contributed by atoms with Gasteiger partial charge in [-0.15, -0.1) is 0 Å². The molecule has 0 bridgehead atoms. The van der Waals surface area contributed by atoms with Crippen LogP contribution in [0.2, 0.25) is 5.02 Å². The first-order valence-corrected chi connectivity index (χ1v) is 7.75. The monoisotopic (exact) mass is 296 g/mol. The van der Waals surface area contributed by atoms with Gasteiger partial charge in [0.2, 0.25) is 5.91 Å². The standard InChI is InChI=1S/C16H25ClN2O/c1-3-4-5-6-7-8-9-16(20)19(2)15-12-13(17)10-11-14(15)18/h10-12H,3-9,18H2,1-2H3. The molecule has 0 saturated heterocycles. The first kappa shape index (κ1) is 16.8. The van der Waals surface area contributed by atoms with Crippen LogP contribution in [0.15, 0.2) is 18.2 Å². The second-order valence-electron chi connectivity index (χ2n) is 5.17. The molecule has 0 aliphatic heterocycles. The quantitative estimate of drug-likeness (QED) is 0.561. The lowest BCUT2D eigenvalue weighted by atomic mass is 10.1. The number of carbonyl (C=O) groups is 1. The van der Waals surface area contributed by atoms with Crippen LogP contribution in [0.4, 0.5) is 11.4 Å². The molecule has 1 amide bonds. The van der Waals surface area contributed by atoms with Crippen LogP contribution in [0, 0.1) is 0 Å². The Hall–Kier alpha value is -1.22. The predicted molar refractivity (Wildman–Crippen MR) is 87.3 cm³/mol. The molecule has 0 aliphatic carbocycles. The molecule has 1 aromatic rings. The zero-order valence-corrected chi connectivity index (χ0v) is 13.2. The smallest absolute Gasteiger partial charge is 0.226 e. The lowest BCUT2D eigenvalue weighted by molar-refractivity contribution is -0.118. The fraction of sp³-hybridized carbons (Fsp3) is 0.562. The number of carbonyl (C=O) groups excluding carboxylic acids is 1. The molecule has 0 radical (unpaired) electrons. The number of nitrogens with zero attached hydrogens (tertiary/aromatic N) is 1. The maximum Gasteiger partial charge on any atom is 0.226 e. The van der Waals surface area contributed by atoms with Crippen molar-refractivity contribution in [2.45, 2.75) is 51.9 Å². The summed E-state index contributed by atoms with van der Waals surface area (Å²) < 4.78 is 0. The third-order valence-electron chi connectivity index (χ3n) is 3.47. The number of hydrogen-bond donors (Lipinski definition) is 1. The average molecular weight is 297 g/mol. The summed E-state index contributed by atoms with van der Waals surface area (Å²) in [7, 11) is 1.75. The molecule has 0 heterocycles. The molecule has 0 spiro atoms. The maximum absolute atomic E-state index is 12.1. The first-order valence-electron chi connectivity index (χ1n) is 7.37. The number of hydrogen-bond acceptors (Lipinski definition) is 2. The van der Waals surface area contributed by atoms with Gasteiger partial charge in [-0.3, -0.25) is 4.79 Å². The van der Waals surface area contributed by atoms with E-state index in [1.165, 1.54) is 25.7 Å². The molecule has 0 unspecified atom stereocenters. The van der Waals surface area contributed by atoms with Crippen LogP contribution < -0.4 is 10.6 Å². The van der Waals surface area contributed by atoms with Gasteiger partial charge in [0.25, 0.3) is 0 Å². The Bertz CT molecular complexity index is 434. The van der Waals surface area contributed by atoms with E-state index in [0.717, 1.165) is 12.8 Å². The SMILES string of the molecule is CCCCCCCCC(=O)N(C)c1cc(Cl)ccc1N. The molecular weight excluding hydrogens is 272 g/mol. The molecule has 20 heavy (non-hydrogen) atoms. The molecule has 3 nitrogen and oxygen atoms in total. The van der Waals surface area contributed by atoms with E-state index < -0.39 is 0 Å². The van der Waals surface area contributed by atoms with Crippen molar-refractivity contribution in [1.29, 1.82) is 0 Å². The number of amides is 1. The predicted octanol–water partition coefficient (Wildman–Crippen LogP) is 4.64. The van der Waals surface area contributed by atoms with Crippen molar-refractivity contribution >= 4 is 28.9 Å². The van der Waals surface area contributed by atoms with E-state index in [-0.39, 0.29) is 5.91 Å². The van der Waals surface area contributed by atoms with E-state index in [4.69, 9.17) is 17.3 Å². The van der Waals surface area contributed by atoms with E-state index >= 15 is 0 Å². The Morgan fingerprint density at radius 3 is 2.55 bits per heavy atom. The molecule has 0 saturated carbocycles. The summed E-state index contributed by atoms with van der Waals surface area (Å²) in [4.78, 5) is 13.7. The third kappa shape index (κ3) is 5.41. The van der Waals surface area contributed by atoms with Gasteiger partial charge in [-0.2, -0.15) is 0 Å². The molecule has 0 atom stereocenters. The van der Waals surface area contributed by atoms with E-state index in [2.05, 4.69) is 6.92 Å². The number of benzene rings is 1. The number of nitrogen functional groups attached to an aromatic ring is 1. The third-order valence-corrected chi connectivity index (χ3v) is 3.71.